The number of nitrogens with zero attached hydrogens (tertiary/aromatic N) is 2. The summed E-state index contributed by atoms with van der Waals surface area (Å²) in [5.74, 6) is 2.67. The fourth-order valence-corrected chi connectivity index (χ4v) is 3.97. The molecule has 0 amide bonds. The third-order valence-corrected chi connectivity index (χ3v) is 5.03. The van der Waals surface area contributed by atoms with E-state index in [2.05, 4.69) is 10.8 Å². The van der Waals surface area contributed by atoms with Crippen molar-refractivity contribution in [2.45, 2.75) is 43.4 Å². The van der Waals surface area contributed by atoms with Crippen LogP contribution in [0, 0.1) is 0 Å². The molecule has 2 aliphatic heterocycles. The van der Waals surface area contributed by atoms with Crippen molar-refractivity contribution < 1.29 is 5.11 Å². The van der Waals surface area contributed by atoms with E-state index in [-0.39, 0.29) is 12.5 Å². The van der Waals surface area contributed by atoms with Crippen LogP contribution < -0.4 is 0 Å². The van der Waals surface area contributed by atoms with Gasteiger partial charge in [-0.2, -0.15) is 11.8 Å². The zero-order chi connectivity index (χ0) is 11.0. The quantitative estimate of drug-likeness (QED) is 0.859. The summed E-state index contributed by atoms with van der Waals surface area (Å²) >= 11 is 2.03. The number of aliphatic hydroxyl groups excluding tert-OH is 1. The molecule has 3 heterocycles. The summed E-state index contributed by atoms with van der Waals surface area (Å²) in [7, 11) is 0. The number of hydrogen-bond acceptors (Lipinski definition) is 3. The average molecular weight is 238 g/mol. The van der Waals surface area contributed by atoms with Crippen molar-refractivity contribution in [1.82, 2.24) is 9.55 Å². The van der Waals surface area contributed by atoms with E-state index in [0.29, 0.717) is 5.25 Å². The van der Waals surface area contributed by atoms with Crippen molar-refractivity contribution in [2.24, 2.45) is 0 Å². The van der Waals surface area contributed by atoms with Crippen LogP contribution in [0.25, 0.3) is 0 Å². The number of aryl methyl sites for hydroxylation is 1. The summed E-state index contributed by atoms with van der Waals surface area (Å²) < 4.78 is 2.26. The van der Waals surface area contributed by atoms with Crippen molar-refractivity contribution in [3.63, 3.8) is 0 Å². The van der Waals surface area contributed by atoms with Gasteiger partial charge in [0.05, 0.1) is 12.3 Å². The molecular weight excluding hydrogens is 220 g/mol. The molecule has 3 rings (SSSR count). The molecule has 0 bridgehead atoms. The van der Waals surface area contributed by atoms with Crippen molar-refractivity contribution in [3.05, 3.63) is 17.7 Å². The van der Waals surface area contributed by atoms with E-state index in [1.54, 1.807) is 0 Å². The third-order valence-electron chi connectivity index (χ3n) is 3.62. The van der Waals surface area contributed by atoms with E-state index in [1.807, 2.05) is 11.8 Å². The molecule has 0 aliphatic carbocycles. The SMILES string of the molecule is OCC1CCCn2cc(C3CCCS3)nc21. The lowest BCUT2D eigenvalue weighted by Gasteiger charge is -2.21. The molecule has 0 spiro atoms. The summed E-state index contributed by atoms with van der Waals surface area (Å²) in [6.07, 6.45) is 7.07. The highest BCUT2D eigenvalue weighted by Crippen LogP contribution is 2.40. The van der Waals surface area contributed by atoms with E-state index < -0.39 is 0 Å². The Bertz CT molecular complexity index is 371. The molecule has 0 radical (unpaired) electrons. The Morgan fingerprint density at radius 1 is 1.44 bits per heavy atom. The van der Waals surface area contributed by atoms with E-state index in [9.17, 15) is 5.11 Å². The number of hydrogen-bond donors (Lipinski definition) is 1. The lowest BCUT2D eigenvalue weighted by atomic mass is 10.0. The van der Waals surface area contributed by atoms with E-state index in [4.69, 9.17) is 4.98 Å². The van der Waals surface area contributed by atoms with Gasteiger partial charge in [-0.1, -0.05) is 0 Å². The van der Waals surface area contributed by atoms with Crippen LogP contribution in [0.2, 0.25) is 0 Å². The minimum absolute atomic E-state index is 0.244. The van der Waals surface area contributed by atoms with Gasteiger partial charge in [-0.05, 0) is 31.4 Å². The Kier molecular flexibility index (Phi) is 2.94. The van der Waals surface area contributed by atoms with Gasteiger partial charge in [0.2, 0.25) is 0 Å². The Morgan fingerprint density at radius 2 is 2.38 bits per heavy atom. The molecule has 16 heavy (non-hydrogen) atoms. The van der Waals surface area contributed by atoms with Gasteiger partial charge in [0.25, 0.3) is 0 Å². The number of imidazole rings is 1. The molecule has 2 atom stereocenters. The smallest absolute Gasteiger partial charge is 0.114 e. The van der Waals surface area contributed by atoms with E-state index in [1.165, 1.54) is 30.7 Å². The molecule has 3 nitrogen and oxygen atoms in total. The van der Waals surface area contributed by atoms with Crippen molar-refractivity contribution >= 4 is 11.8 Å². The first kappa shape index (κ1) is 10.7. The molecule has 1 aromatic rings. The number of rotatable bonds is 2. The first-order valence-corrected chi connectivity index (χ1v) is 7.23. The summed E-state index contributed by atoms with van der Waals surface area (Å²) in [5.41, 5.74) is 1.25. The summed E-state index contributed by atoms with van der Waals surface area (Å²) in [5, 5.41) is 9.96. The fraction of sp³-hybridized carbons (Fsp3) is 0.750. The van der Waals surface area contributed by atoms with Gasteiger partial charge in [-0.25, -0.2) is 4.98 Å². The molecule has 2 aliphatic rings. The van der Waals surface area contributed by atoms with Gasteiger partial charge in [-0.3, -0.25) is 0 Å². The van der Waals surface area contributed by atoms with E-state index >= 15 is 0 Å². The van der Waals surface area contributed by atoms with Gasteiger partial charge in [-0.15, -0.1) is 0 Å². The second kappa shape index (κ2) is 4.41. The maximum atomic E-state index is 9.35. The van der Waals surface area contributed by atoms with Crippen LogP contribution in [-0.4, -0.2) is 27.0 Å². The van der Waals surface area contributed by atoms with Crippen molar-refractivity contribution in [3.8, 4) is 0 Å². The highest BCUT2D eigenvalue weighted by molar-refractivity contribution is 7.99. The monoisotopic (exact) mass is 238 g/mol. The first-order valence-electron chi connectivity index (χ1n) is 6.18. The third kappa shape index (κ3) is 1.78. The topological polar surface area (TPSA) is 38.0 Å². The summed E-state index contributed by atoms with van der Waals surface area (Å²) in [6.45, 7) is 1.32. The maximum absolute atomic E-state index is 9.35. The maximum Gasteiger partial charge on any atom is 0.114 e. The largest absolute Gasteiger partial charge is 0.396 e. The lowest BCUT2D eigenvalue weighted by molar-refractivity contribution is 0.238. The molecule has 2 unspecified atom stereocenters. The molecule has 1 aromatic heterocycles. The van der Waals surface area contributed by atoms with Gasteiger partial charge >= 0.3 is 0 Å². The van der Waals surface area contributed by atoms with Gasteiger partial charge in [0.15, 0.2) is 0 Å². The molecule has 1 fully saturated rings. The van der Waals surface area contributed by atoms with Crippen LogP contribution in [-0.2, 0) is 6.54 Å². The highest BCUT2D eigenvalue weighted by Gasteiger charge is 2.26. The van der Waals surface area contributed by atoms with Crippen molar-refractivity contribution in [2.75, 3.05) is 12.4 Å². The van der Waals surface area contributed by atoms with Gasteiger partial charge < -0.3 is 9.67 Å². The Morgan fingerprint density at radius 3 is 3.12 bits per heavy atom. The van der Waals surface area contributed by atoms with Crippen LogP contribution in [0.3, 0.4) is 0 Å². The Hall–Kier alpha value is -0.480. The zero-order valence-electron chi connectivity index (χ0n) is 9.43. The van der Waals surface area contributed by atoms with Crippen molar-refractivity contribution in [1.29, 1.82) is 0 Å². The average Bonchev–Trinajstić information content (AvgIpc) is 2.96. The van der Waals surface area contributed by atoms with Gasteiger partial charge in [0, 0.05) is 23.9 Å². The van der Waals surface area contributed by atoms with Crippen LogP contribution in [0.5, 0.6) is 0 Å². The molecule has 0 saturated carbocycles. The fourth-order valence-electron chi connectivity index (χ4n) is 2.73. The van der Waals surface area contributed by atoms with Crippen LogP contribution in [0.1, 0.15) is 48.4 Å². The predicted molar refractivity (Wildman–Crippen MR) is 65.7 cm³/mol. The number of thioether (sulfide) groups is 1. The predicted octanol–water partition coefficient (Wildman–Crippen LogP) is 2.32. The van der Waals surface area contributed by atoms with E-state index in [0.717, 1.165) is 18.8 Å². The zero-order valence-corrected chi connectivity index (χ0v) is 10.2. The molecular formula is C12H18N2OS. The molecule has 0 aromatic carbocycles. The first-order chi connectivity index (χ1) is 7.88. The Balaban J connectivity index is 1.89. The molecule has 4 heteroatoms. The van der Waals surface area contributed by atoms with Crippen LogP contribution >= 0.6 is 11.8 Å². The number of aromatic nitrogens is 2. The van der Waals surface area contributed by atoms with Crippen LogP contribution in [0.4, 0.5) is 0 Å². The standard InChI is InChI=1S/C12H18N2OS/c15-8-9-3-1-5-14-7-10(13-12(9)14)11-4-2-6-16-11/h7,9,11,15H,1-6,8H2. The Labute approximate surface area is 100 Å². The lowest BCUT2D eigenvalue weighted by Crippen LogP contribution is -2.18. The number of aliphatic hydroxyl groups is 1. The molecule has 88 valence electrons. The minimum Gasteiger partial charge on any atom is -0.396 e. The second-order valence-corrected chi connectivity index (χ2v) is 6.05. The second-order valence-electron chi connectivity index (χ2n) is 4.74. The van der Waals surface area contributed by atoms with Crippen LogP contribution in [0.15, 0.2) is 6.20 Å². The molecule has 1 saturated heterocycles. The highest BCUT2D eigenvalue weighted by atomic mass is 32.2. The summed E-state index contributed by atoms with van der Waals surface area (Å²) in [4.78, 5) is 4.77. The van der Waals surface area contributed by atoms with Gasteiger partial charge in [0.1, 0.15) is 5.82 Å². The molecule has 1 N–H and O–H groups in total. The normalized spacial score (nSPS) is 29.3. The minimum atomic E-state index is 0.244. The summed E-state index contributed by atoms with van der Waals surface area (Å²) in [6, 6.07) is 0. The number of fused-ring (bicyclic) bond motifs is 1.